The zero-order valence-electron chi connectivity index (χ0n) is 9.89. The zero-order chi connectivity index (χ0) is 12.7. The van der Waals surface area contributed by atoms with Crippen LogP contribution in [0.25, 0.3) is 0 Å². The molecule has 94 valence electrons. The highest BCUT2D eigenvalue weighted by atomic mass is 16.6. The molecule has 6 nitrogen and oxygen atoms in total. The second-order valence-electron chi connectivity index (χ2n) is 3.39. The maximum absolute atomic E-state index is 11.6. The van der Waals surface area contributed by atoms with Crippen LogP contribution in [0.4, 0.5) is 4.79 Å². The average Bonchev–Trinajstić information content (AvgIpc) is 2.36. The van der Waals surface area contributed by atoms with E-state index in [4.69, 9.17) is 9.47 Å². The molecule has 0 aromatic carbocycles. The van der Waals surface area contributed by atoms with Gasteiger partial charge in [-0.05, 0) is 12.8 Å². The minimum absolute atomic E-state index is 0.444. The van der Waals surface area contributed by atoms with Crippen molar-refractivity contribution >= 4 is 12.1 Å². The lowest BCUT2D eigenvalue weighted by Gasteiger charge is -2.26. The van der Waals surface area contributed by atoms with Crippen LogP contribution in [0.3, 0.4) is 0 Å². The van der Waals surface area contributed by atoms with Crippen molar-refractivity contribution in [1.82, 2.24) is 4.90 Å². The summed E-state index contributed by atoms with van der Waals surface area (Å²) < 4.78 is 14.5. The lowest BCUT2D eigenvalue weighted by Crippen LogP contribution is -2.41. The second-order valence-corrected chi connectivity index (χ2v) is 3.39. The fourth-order valence-corrected chi connectivity index (χ4v) is 1.21. The van der Waals surface area contributed by atoms with Gasteiger partial charge in [-0.1, -0.05) is 0 Å². The maximum Gasteiger partial charge on any atom is 0.411 e. The molecule has 0 spiro atoms. The minimum Gasteiger partial charge on any atom is -0.459 e. The number of morpholine rings is 1. The van der Waals surface area contributed by atoms with E-state index in [-0.39, 0.29) is 0 Å². The summed E-state index contributed by atoms with van der Waals surface area (Å²) in [7, 11) is 1.24. The van der Waals surface area contributed by atoms with Gasteiger partial charge in [0, 0.05) is 19.0 Å². The van der Waals surface area contributed by atoms with Crippen molar-refractivity contribution < 1.29 is 23.8 Å². The van der Waals surface area contributed by atoms with Crippen molar-refractivity contribution in [3.8, 4) is 11.8 Å². The maximum atomic E-state index is 11.6. The molecule has 0 bridgehead atoms. The van der Waals surface area contributed by atoms with Crippen molar-refractivity contribution in [2.75, 3.05) is 33.4 Å². The number of methoxy groups -OCH3 is 1. The number of hydrogen-bond acceptors (Lipinski definition) is 5. The first-order valence-corrected chi connectivity index (χ1v) is 5.26. The Morgan fingerprint density at radius 1 is 1.35 bits per heavy atom. The summed E-state index contributed by atoms with van der Waals surface area (Å²) in [5, 5.41) is 0. The standard InChI is InChI=1S/C11H15NO5/c1-9(3-4-10(13)15-2)17-11(14)12-5-7-16-8-6-12/h9H,5-8H2,1-2H3/t9-/m0/s1. The van der Waals surface area contributed by atoms with Crippen LogP contribution in [0.1, 0.15) is 6.92 Å². The third-order valence-electron chi connectivity index (χ3n) is 2.11. The summed E-state index contributed by atoms with van der Waals surface area (Å²) >= 11 is 0. The van der Waals surface area contributed by atoms with Crippen LogP contribution in [0.2, 0.25) is 0 Å². The molecule has 1 amide bonds. The molecule has 0 saturated carbocycles. The predicted molar refractivity (Wildman–Crippen MR) is 58.1 cm³/mol. The van der Waals surface area contributed by atoms with E-state index in [1.54, 1.807) is 11.8 Å². The van der Waals surface area contributed by atoms with Crippen LogP contribution in [0.5, 0.6) is 0 Å². The highest BCUT2D eigenvalue weighted by molar-refractivity contribution is 5.88. The topological polar surface area (TPSA) is 65.1 Å². The van der Waals surface area contributed by atoms with Gasteiger partial charge in [0.05, 0.1) is 20.3 Å². The first-order chi connectivity index (χ1) is 8.13. The van der Waals surface area contributed by atoms with Gasteiger partial charge in [0.1, 0.15) is 0 Å². The van der Waals surface area contributed by atoms with Gasteiger partial charge in [0.15, 0.2) is 6.10 Å². The molecule has 1 rings (SSSR count). The van der Waals surface area contributed by atoms with E-state index in [2.05, 4.69) is 16.6 Å². The summed E-state index contributed by atoms with van der Waals surface area (Å²) in [6.45, 7) is 3.63. The van der Waals surface area contributed by atoms with E-state index in [1.807, 2.05) is 0 Å². The highest BCUT2D eigenvalue weighted by Gasteiger charge is 2.19. The molecular formula is C11H15NO5. The Kier molecular flexibility index (Phi) is 5.30. The fraction of sp³-hybridized carbons (Fsp3) is 0.636. The second kappa shape index (κ2) is 6.76. The van der Waals surface area contributed by atoms with Gasteiger partial charge in [-0.3, -0.25) is 0 Å². The molecule has 1 saturated heterocycles. The van der Waals surface area contributed by atoms with Crippen molar-refractivity contribution in [2.24, 2.45) is 0 Å². The SMILES string of the molecule is COC(=O)C#C[C@H](C)OC(=O)N1CCOCC1. The van der Waals surface area contributed by atoms with E-state index in [1.165, 1.54) is 7.11 Å². The zero-order valence-corrected chi connectivity index (χ0v) is 9.89. The van der Waals surface area contributed by atoms with E-state index in [9.17, 15) is 9.59 Å². The van der Waals surface area contributed by atoms with Crippen LogP contribution in [0.15, 0.2) is 0 Å². The van der Waals surface area contributed by atoms with Crippen molar-refractivity contribution in [2.45, 2.75) is 13.0 Å². The van der Waals surface area contributed by atoms with E-state index >= 15 is 0 Å². The van der Waals surface area contributed by atoms with Crippen LogP contribution in [-0.2, 0) is 19.0 Å². The Hall–Kier alpha value is -1.74. The van der Waals surface area contributed by atoms with Crippen LogP contribution >= 0.6 is 0 Å². The van der Waals surface area contributed by atoms with Gasteiger partial charge in [-0.25, -0.2) is 9.59 Å². The number of hydrogen-bond donors (Lipinski definition) is 0. The highest BCUT2D eigenvalue weighted by Crippen LogP contribution is 2.02. The molecule has 1 heterocycles. The number of ether oxygens (including phenoxy) is 3. The summed E-state index contributed by atoms with van der Waals surface area (Å²) in [4.78, 5) is 23.9. The molecule has 0 radical (unpaired) electrons. The van der Waals surface area contributed by atoms with Gasteiger partial charge in [-0.15, -0.1) is 0 Å². The third kappa shape index (κ3) is 4.74. The number of amides is 1. The largest absolute Gasteiger partial charge is 0.459 e. The van der Waals surface area contributed by atoms with E-state index in [0.717, 1.165) is 0 Å². The van der Waals surface area contributed by atoms with Crippen molar-refractivity contribution in [3.05, 3.63) is 0 Å². The summed E-state index contributed by atoms with van der Waals surface area (Å²) in [6.07, 6.45) is -1.09. The summed E-state index contributed by atoms with van der Waals surface area (Å²) in [6, 6.07) is 0. The summed E-state index contributed by atoms with van der Waals surface area (Å²) in [5.41, 5.74) is 0. The quantitative estimate of drug-likeness (QED) is 0.368. The van der Waals surface area contributed by atoms with Gasteiger partial charge in [0.25, 0.3) is 0 Å². The van der Waals surface area contributed by atoms with Gasteiger partial charge in [-0.2, -0.15) is 0 Å². The Morgan fingerprint density at radius 3 is 2.59 bits per heavy atom. The molecule has 17 heavy (non-hydrogen) atoms. The van der Waals surface area contributed by atoms with Gasteiger partial charge >= 0.3 is 12.1 Å². The molecule has 1 atom stereocenters. The number of nitrogens with zero attached hydrogens (tertiary/aromatic N) is 1. The van der Waals surface area contributed by atoms with E-state index in [0.29, 0.717) is 26.3 Å². The Bertz CT molecular complexity index is 338. The normalized spacial score (nSPS) is 16.5. The number of carbonyl (C=O) groups is 2. The molecule has 1 aliphatic rings. The molecule has 0 aliphatic carbocycles. The van der Waals surface area contributed by atoms with Crippen LogP contribution < -0.4 is 0 Å². The Labute approximate surface area is 99.8 Å². The van der Waals surface area contributed by atoms with Crippen LogP contribution in [0, 0.1) is 11.8 Å². The third-order valence-corrected chi connectivity index (χ3v) is 2.11. The fourth-order valence-electron chi connectivity index (χ4n) is 1.21. The van der Waals surface area contributed by atoms with E-state index < -0.39 is 18.2 Å². The number of rotatable bonds is 1. The molecule has 6 heteroatoms. The first-order valence-electron chi connectivity index (χ1n) is 5.26. The molecule has 1 aliphatic heterocycles. The molecule has 0 aromatic heterocycles. The molecule has 0 aromatic rings. The average molecular weight is 241 g/mol. The van der Waals surface area contributed by atoms with Crippen LogP contribution in [-0.4, -0.2) is 56.5 Å². The molecule has 0 unspecified atom stereocenters. The summed E-state index contributed by atoms with van der Waals surface area (Å²) in [5.74, 6) is 4.03. The number of esters is 1. The van der Waals surface area contributed by atoms with Crippen molar-refractivity contribution in [3.63, 3.8) is 0 Å². The Morgan fingerprint density at radius 2 is 2.00 bits per heavy atom. The minimum atomic E-state index is -0.653. The smallest absolute Gasteiger partial charge is 0.411 e. The lowest BCUT2D eigenvalue weighted by molar-refractivity contribution is -0.133. The Balaban J connectivity index is 2.38. The molecule has 1 fully saturated rings. The first kappa shape index (κ1) is 13.3. The van der Waals surface area contributed by atoms with Gasteiger partial charge in [0.2, 0.25) is 0 Å². The molecule has 0 N–H and O–H groups in total. The predicted octanol–water partition coefficient (Wildman–Crippen LogP) is 0.0201. The van der Waals surface area contributed by atoms with Gasteiger partial charge < -0.3 is 19.1 Å². The molecular weight excluding hydrogens is 226 g/mol. The van der Waals surface area contributed by atoms with Crippen molar-refractivity contribution in [1.29, 1.82) is 0 Å². The number of carbonyl (C=O) groups excluding carboxylic acids is 2. The lowest BCUT2D eigenvalue weighted by atomic mass is 10.4. The monoisotopic (exact) mass is 241 g/mol.